The van der Waals surface area contributed by atoms with Crippen LogP contribution in [0.1, 0.15) is 31.4 Å². The molecule has 1 N–H and O–H groups in total. The van der Waals surface area contributed by atoms with Crippen LogP contribution >= 0.6 is 11.6 Å². The van der Waals surface area contributed by atoms with Crippen molar-refractivity contribution in [2.24, 2.45) is 5.92 Å². The molecule has 3 atom stereocenters. The zero-order valence-corrected chi connectivity index (χ0v) is 11.0. The maximum atomic E-state index is 9.83. The zero-order valence-electron chi connectivity index (χ0n) is 10.3. The summed E-state index contributed by atoms with van der Waals surface area (Å²) in [5.41, 5.74) is 1.05. The van der Waals surface area contributed by atoms with Gasteiger partial charge in [0.2, 0.25) is 0 Å². The van der Waals surface area contributed by atoms with Crippen LogP contribution in [0.15, 0.2) is 6.20 Å². The number of aliphatic hydroxyl groups is 1. The van der Waals surface area contributed by atoms with E-state index >= 15 is 0 Å². The van der Waals surface area contributed by atoms with Crippen molar-refractivity contribution in [3.8, 4) is 0 Å². The average molecular weight is 259 g/mol. The molecule has 1 aromatic rings. The number of aliphatic hydroxyl groups excluding tert-OH is 1. The molecule has 0 amide bonds. The van der Waals surface area contributed by atoms with Crippen molar-refractivity contribution >= 4 is 11.6 Å². The Bertz CT molecular complexity index is 381. The van der Waals surface area contributed by atoms with E-state index in [1.807, 2.05) is 4.68 Å². The molecule has 1 heterocycles. The molecule has 0 radical (unpaired) electrons. The SMILES string of the molecule is COCCn1ncc(Cl)c1C1CCC(O)C1C. The highest BCUT2D eigenvalue weighted by molar-refractivity contribution is 6.31. The molecule has 1 aliphatic rings. The molecule has 4 nitrogen and oxygen atoms in total. The fraction of sp³-hybridized carbons (Fsp3) is 0.750. The molecule has 0 saturated heterocycles. The van der Waals surface area contributed by atoms with Crippen molar-refractivity contribution in [1.29, 1.82) is 0 Å². The van der Waals surface area contributed by atoms with E-state index in [9.17, 15) is 5.11 Å². The van der Waals surface area contributed by atoms with Crippen LogP contribution in [0.3, 0.4) is 0 Å². The number of hydrogen-bond donors (Lipinski definition) is 1. The van der Waals surface area contributed by atoms with Gasteiger partial charge in [-0.2, -0.15) is 5.10 Å². The van der Waals surface area contributed by atoms with Crippen molar-refractivity contribution in [2.75, 3.05) is 13.7 Å². The van der Waals surface area contributed by atoms with Crippen molar-refractivity contribution < 1.29 is 9.84 Å². The molecule has 0 aromatic carbocycles. The Morgan fingerprint density at radius 2 is 2.35 bits per heavy atom. The second-order valence-electron chi connectivity index (χ2n) is 4.70. The number of ether oxygens (including phenoxy) is 1. The number of methoxy groups -OCH3 is 1. The zero-order chi connectivity index (χ0) is 12.4. The first kappa shape index (κ1) is 12.9. The van der Waals surface area contributed by atoms with Crippen LogP contribution in [0, 0.1) is 5.92 Å². The van der Waals surface area contributed by atoms with Gasteiger partial charge in [0, 0.05) is 13.0 Å². The molecule has 3 unspecified atom stereocenters. The molecule has 0 aliphatic heterocycles. The van der Waals surface area contributed by atoms with Gasteiger partial charge in [-0.15, -0.1) is 0 Å². The van der Waals surface area contributed by atoms with Crippen LogP contribution in [0.2, 0.25) is 5.02 Å². The molecule has 1 aromatic heterocycles. The fourth-order valence-electron chi connectivity index (χ4n) is 2.63. The lowest BCUT2D eigenvalue weighted by molar-refractivity contribution is 0.135. The van der Waals surface area contributed by atoms with Gasteiger partial charge >= 0.3 is 0 Å². The van der Waals surface area contributed by atoms with E-state index in [0.29, 0.717) is 24.1 Å². The van der Waals surface area contributed by atoms with Gasteiger partial charge in [0.05, 0.1) is 36.2 Å². The average Bonchev–Trinajstić information content (AvgIpc) is 2.82. The van der Waals surface area contributed by atoms with Gasteiger partial charge in [-0.1, -0.05) is 18.5 Å². The minimum absolute atomic E-state index is 0.221. The second kappa shape index (κ2) is 5.38. The minimum Gasteiger partial charge on any atom is -0.393 e. The highest BCUT2D eigenvalue weighted by Gasteiger charge is 2.35. The van der Waals surface area contributed by atoms with Gasteiger partial charge < -0.3 is 9.84 Å². The van der Waals surface area contributed by atoms with E-state index in [1.165, 1.54) is 0 Å². The summed E-state index contributed by atoms with van der Waals surface area (Å²) in [6.07, 6.45) is 3.28. The summed E-state index contributed by atoms with van der Waals surface area (Å²) in [5.74, 6) is 0.544. The van der Waals surface area contributed by atoms with Crippen molar-refractivity contribution in [1.82, 2.24) is 9.78 Å². The Labute approximate surface area is 107 Å². The molecular formula is C12H19ClN2O2. The van der Waals surface area contributed by atoms with E-state index in [2.05, 4.69) is 12.0 Å². The predicted molar refractivity (Wildman–Crippen MR) is 66.3 cm³/mol. The Kier molecular flexibility index (Phi) is 4.07. The Hall–Kier alpha value is -0.580. The van der Waals surface area contributed by atoms with Gasteiger partial charge in [-0.05, 0) is 18.8 Å². The first-order valence-electron chi connectivity index (χ1n) is 6.03. The summed E-state index contributed by atoms with van der Waals surface area (Å²) in [7, 11) is 1.67. The normalized spacial score (nSPS) is 28.8. The molecule has 5 heteroatoms. The maximum absolute atomic E-state index is 9.83. The first-order chi connectivity index (χ1) is 8.15. The number of hydrogen-bond acceptors (Lipinski definition) is 3. The summed E-state index contributed by atoms with van der Waals surface area (Å²) < 4.78 is 6.98. The highest BCUT2D eigenvalue weighted by atomic mass is 35.5. The number of aromatic nitrogens is 2. The number of nitrogens with zero attached hydrogens (tertiary/aromatic N) is 2. The lowest BCUT2D eigenvalue weighted by Gasteiger charge is -2.19. The van der Waals surface area contributed by atoms with Gasteiger partial charge in [0.25, 0.3) is 0 Å². The first-order valence-corrected chi connectivity index (χ1v) is 6.41. The van der Waals surface area contributed by atoms with Gasteiger partial charge in [-0.25, -0.2) is 0 Å². The largest absolute Gasteiger partial charge is 0.393 e. The number of rotatable bonds is 4. The number of halogens is 1. The molecule has 96 valence electrons. The van der Waals surface area contributed by atoms with Crippen LogP contribution in [0.25, 0.3) is 0 Å². The monoisotopic (exact) mass is 258 g/mol. The van der Waals surface area contributed by atoms with E-state index in [-0.39, 0.29) is 12.0 Å². The molecule has 0 bridgehead atoms. The molecule has 2 rings (SSSR count). The molecule has 1 saturated carbocycles. The lowest BCUT2D eigenvalue weighted by atomic mass is 9.93. The fourth-order valence-corrected chi connectivity index (χ4v) is 2.91. The smallest absolute Gasteiger partial charge is 0.0820 e. The van der Waals surface area contributed by atoms with Crippen molar-refractivity contribution in [2.45, 2.75) is 38.3 Å². The third-order valence-electron chi connectivity index (χ3n) is 3.71. The molecule has 17 heavy (non-hydrogen) atoms. The second-order valence-corrected chi connectivity index (χ2v) is 5.11. The summed E-state index contributed by atoms with van der Waals surface area (Å²) in [4.78, 5) is 0. The molecule has 1 fully saturated rings. The van der Waals surface area contributed by atoms with Gasteiger partial charge in [-0.3, -0.25) is 4.68 Å². The van der Waals surface area contributed by atoms with E-state index in [4.69, 9.17) is 16.3 Å². The maximum Gasteiger partial charge on any atom is 0.0820 e. The van der Waals surface area contributed by atoms with Crippen LogP contribution in [0.4, 0.5) is 0 Å². The predicted octanol–water partition coefficient (Wildman–Crippen LogP) is 2.06. The van der Waals surface area contributed by atoms with E-state index in [1.54, 1.807) is 13.3 Å². The topological polar surface area (TPSA) is 47.3 Å². The Morgan fingerprint density at radius 3 is 2.94 bits per heavy atom. The van der Waals surface area contributed by atoms with Crippen LogP contribution in [-0.2, 0) is 11.3 Å². The van der Waals surface area contributed by atoms with Gasteiger partial charge in [0.15, 0.2) is 0 Å². The molecule has 1 aliphatic carbocycles. The van der Waals surface area contributed by atoms with Crippen LogP contribution in [-0.4, -0.2) is 34.7 Å². The quantitative estimate of drug-likeness (QED) is 0.899. The lowest BCUT2D eigenvalue weighted by Crippen LogP contribution is -2.18. The standard InChI is InChI=1S/C12H19ClN2O2/c1-8-9(3-4-11(8)16)12-10(13)7-14-15(12)5-6-17-2/h7-9,11,16H,3-6H2,1-2H3. The van der Waals surface area contributed by atoms with Gasteiger partial charge in [0.1, 0.15) is 0 Å². The van der Waals surface area contributed by atoms with Crippen molar-refractivity contribution in [3.63, 3.8) is 0 Å². The Morgan fingerprint density at radius 1 is 1.59 bits per heavy atom. The summed E-state index contributed by atoms with van der Waals surface area (Å²) in [6, 6.07) is 0. The summed E-state index contributed by atoms with van der Waals surface area (Å²) in [6.45, 7) is 3.40. The van der Waals surface area contributed by atoms with Crippen LogP contribution < -0.4 is 0 Å². The Balaban J connectivity index is 2.21. The minimum atomic E-state index is -0.221. The summed E-state index contributed by atoms with van der Waals surface area (Å²) in [5, 5.41) is 14.8. The summed E-state index contributed by atoms with van der Waals surface area (Å²) >= 11 is 6.21. The molecule has 0 spiro atoms. The van der Waals surface area contributed by atoms with Crippen LogP contribution in [0.5, 0.6) is 0 Å². The highest BCUT2D eigenvalue weighted by Crippen LogP contribution is 2.41. The van der Waals surface area contributed by atoms with Crippen molar-refractivity contribution in [3.05, 3.63) is 16.9 Å². The third kappa shape index (κ3) is 2.49. The van der Waals surface area contributed by atoms with E-state index < -0.39 is 0 Å². The van der Waals surface area contributed by atoms with E-state index in [0.717, 1.165) is 18.5 Å². The third-order valence-corrected chi connectivity index (χ3v) is 4.00. The molecular weight excluding hydrogens is 240 g/mol.